The van der Waals surface area contributed by atoms with Crippen molar-refractivity contribution in [2.24, 2.45) is 4.99 Å². The van der Waals surface area contributed by atoms with Gasteiger partial charge in [-0.2, -0.15) is 0 Å². The Kier molecular flexibility index (Phi) is 11.5. The second kappa shape index (κ2) is 13.1. The molecule has 0 spiro atoms. The normalized spacial score (nSPS) is 10.9. The van der Waals surface area contributed by atoms with Gasteiger partial charge in [-0.1, -0.05) is 22.0 Å². The lowest BCUT2D eigenvalue weighted by Crippen LogP contribution is -2.39. The zero-order valence-corrected chi connectivity index (χ0v) is 20.2. The molecule has 1 amide bonds. The number of hydrogen-bond donors (Lipinski definition) is 3. The highest BCUT2D eigenvalue weighted by Gasteiger charge is 2.05. The summed E-state index contributed by atoms with van der Waals surface area (Å²) in [6.07, 6.45) is 3.59. The predicted molar refractivity (Wildman–Crippen MR) is 126 cm³/mol. The number of guanidine groups is 1. The van der Waals surface area contributed by atoms with E-state index in [1.54, 1.807) is 24.5 Å². The molecular formula is C18H25BrIN5OS. The molecule has 0 aliphatic rings. The molecule has 0 aliphatic heterocycles. The van der Waals surface area contributed by atoms with Gasteiger partial charge in [-0.15, -0.1) is 35.3 Å². The maximum absolute atomic E-state index is 12.0. The summed E-state index contributed by atoms with van der Waals surface area (Å²) in [5, 5.41) is 10.6. The fourth-order valence-corrected chi connectivity index (χ4v) is 3.44. The lowest BCUT2D eigenvalue weighted by atomic mass is 10.2. The summed E-state index contributed by atoms with van der Waals surface area (Å²) >= 11 is 5.09. The number of aryl methyl sites for hydroxylation is 1. The van der Waals surface area contributed by atoms with Crippen LogP contribution in [0.1, 0.15) is 26.7 Å². The second-order valence-electron chi connectivity index (χ2n) is 5.66. The number of thiazole rings is 1. The SMILES string of the molecule is CN=C(NCCCNC(=O)c1cccc(Br)c1)NCCc1ncc(C)s1.I. The Bertz CT molecular complexity index is 753. The van der Waals surface area contributed by atoms with Gasteiger partial charge in [0.15, 0.2) is 5.96 Å². The Labute approximate surface area is 189 Å². The number of nitrogens with zero attached hydrogens (tertiary/aromatic N) is 2. The Hall–Kier alpha value is -1.20. The average Bonchev–Trinajstić information content (AvgIpc) is 3.05. The molecule has 9 heteroatoms. The first-order valence-corrected chi connectivity index (χ1v) is 10.1. The third-order valence-corrected chi connectivity index (χ3v) is 5.01. The number of aliphatic imine (C=N–C) groups is 1. The number of nitrogens with one attached hydrogen (secondary N) is 3. The molecule has 0 saturated heterocycles. The van der Waals surface area contributed by atoms with Crippen molar-refractivity contribution in [3.05, 3.63) is 50.4 Å². The first-order chi connectivity index (χ1) is 12.6. The summed E-state index contributed by atoms with van der Waals surface area (Å²) in [6, 6.07) is 7.36. The molecule has 1 aromatic heterocycles. The lowest BCUT2D eigenvalue weighted by Gasteiger charge is -2.11. The number of amides is 1. The minimum atomic E-state index is -0.0625. The Morgan fingerprint density at radius 3 is 2.63 bits per heavy atom. The van der Waals surface area contributed by atoms with Gasteiger partial charge in [-0.05, 0) is 31.5 Å². The van der Waals surface area contributed by atoms with E-state index in [9.17, 15) is 4.79 Å². The molecule has 148 valence electrons. The Morgan fingerprint density at radius 2 is 1.96 bits per heavy atom. The van der Waals surface area contributed by atoms with Gasteiger partial charge in [-0.25, -0.2) is 4.98 Å². The molecule has 0 saturated carbocycles. The maximum Gasteiger partial charge on any atom is 0.251 e. The minimum absolute atomic E-state index is 0. The quantitative estimate of drug-likeness (QED) is 0.198. The summed E-state index contributed by atoms with van der Waals surface area (Å²) in [4.78, 5) is 21.8. The second-order valence-corrected chi connectivity index (χ2v) is 7.90. The fourth-order valence-electron chi connectivity index (χ4n) is 2.25. The van der Waals surface area contributed by atoms with Crippen molar-refractivity contribution < 1.29 is 4.79 Å². The van der Waals surface area contributed by atoms with Crippen LogP contribution in [0.25, 0.3) is 0 Å². The van der Waals surface area contributed by atoms with Crippen molar-refractivity contribution in [2.75, 3.05) is 26.7 Å². The number of carbonyl (C=O) groups is 1. The maximum atomic E-state index is 12.0. The van der Waals surface area contributed by atoms with Gasteiger partial charge in [0, 0.05) is 54.2 Å². The first-order valence-electron chi connectivity index (χ1n) is 8.48. The van der Waals surface area contributed by atoms with E-state index in [1.807, 2.05) is 24.4 Å². The number of aromatic nitrogens is 1. The molecular weight excluding hydrogens is 541 g/mol. The van der Waals surface area contributed by atoms with Crippen molar-refractivity contribution in [1.29, 1.82) is 0 Å². The molecule has 6 nitrogen and oxygen atoms in total. The van der Waals surface area contributed by atoms with Gasteiger partial charge in [0.1, 0.15) is 0 Å². The van der Waals surface area contributed by atoms with Gasteiger partial charge in [0.05, 0.1) is 5.01 Å². The molecule has 1 aromatic carbocycles. The fraction of sp³-hybridized carbons (Fsp3) is 0.389. The third kappa shape index (κ3) is 9.02. The summed E-state index contributed by atoms with van der Waals surface area (Å²) < 4.78 is 0.898. The monoisotopic (exact) mass is 565 g/mol. The number of rotatable bonds is 8. The number of benzene rings is 1. The Balaban J connectivity index is 0.00000364. The summed E-state index contributed by atoms with van der Waals surface area (Å²) in [5.74, 6) is 0.698. The van der Waals surface area contributed by atoms with Gasteiger partial charge >= 0.3 is 0 Å². The van der Waals surface area contributed by atoms with E-state index >= 15 is 0 Å². The highest BCUT2D eigenvalue weighted by molar-refractivity contribution is 14.0. The lowest BCUT2D eigenvalue weighted by molar-refractivity contribution is 0.0953. The minimum Gasteiger partial charge on any atom is -0.356 e. The van der Waals surface area contributed by atoms with E-state index in [-0.39, 0.29) is 29.9 Å². The van der Waals surface area contributed by atoms with Gasteiger partial charge < -0.3 is 16.0 Å². The van der Waals surface area contributed by atoms with Crippen LogP contribution in [0.5, 0.6) is 0 Å². The van der Waals surface area contributed by atoms with Crippen molar-refractivity contribution in [2.45, 2.75) is 19.8 Å². The van der Waals surface area contributed by atoms with Crippen LogP contribution in [0.3, 0.4) is 0 Å². The molecule has 27 heavy (non-hydrogen) atoms. The van der Waals surface area contributed by atoms with Crippen LogP contribution in [-0.2, 0) is 6.42 Å². The molecule has 0 fully saturated rings. The molecule has 3 N–H and O–H groups in total. The van der Waals surface area contributed by atoms with Crippen LogP contribution in [0.15, 0.2) is 39.9 Å². The summed E-state index contributed by atoms with van der Waals surface area (Å²) in [6.45, 7) is 4.18. The molecule has 0 atom stereocenters. The van der Waals surface area contributed by atoms with E-state index in [0.29, 0.717) is 12.1 Å². The average molecular weight is 566 g/mol. The van der Waals surface area contributed by atoms with E-state index in [2.05, 4.69) is 48.8 Å². The molecule has 0 aliphatic carbocycles. The van der Waals surface area contributed by atoms with Crippen molar-refractivity contribution in [1.82, 2.24) is 20.9 Å². The third-order valence-electron chi connectivity index (χ3n) is 3.54. The van der Waals surface area contributed by atoms with E-state index in [4.69, 9.17) is 0 Å². The predicted octanol–water partition coefficient (Wildman–Crippen LogP) is 3.36. The van der Waals surface area contributed by atoms with Crippen molar-refractivity contribution >= 4 is 63.1 Å². The standard InChI is InChI=1S/C18H24BrN5OS.HI/c1-13-12-24-16(26-13)7-10-23-18(20-2)22-9-4-8-21-17(25)14-5-3-6-15(19)11-14;/h3,5-6,11-12H,4,7-10H2,1-2H3,(H,21,25)(H2,20,22,23);1H. The van der Waals surface area contributed by atoms with E-state index in [0.717, 1.165) is 41.4 Å². The van der Waals surface area contributed by atoms with Crippen molar-refractivity contribution in [3.63, 3.8) is 0 Å². The highest BCUT2D eigenvalue weighted by Crippen LogP contribution is 2.11. The summed E-state index contributed by atoms with van der Waals surface area (Å²) in [7, 11) is 1.75. The Morgan fingerprint density at radius 1 is 1.22 bits per heavy atom. The zero-order valence-electron chi connectivity index (χ0n) is 15.4. The molecule has 2 aromatic rings. The number of halogens is 2. The molecule has 0 unspecified atom stereocenters. The molecule has 0 bridgehead atoms. The highest BCUT2D eigenvalue weighted by atomic mass is 127. The van der Waals surface area contributed by atoms with Crippen LogP contribution in [0.2, 0.25) is 0 Å². The van der Waals surface area contributed by atoms with Crippen LogP contribution < -0.4 is 16.0 Å². The van der Waals surface area contributed by atoms with Crippen molar-refractivity contribution in [3.8, 4) is 0 Å². The number of carbonyl (C=O) groups excluding carboxylic acids is 1. The topological polar surface area (TPSA) is 78.4 Å². The molecule has 2 rings (SSSR count). The smallest absolute Gasteiger partial charge is 0.251 e. The summed E-state index contributed by atoms with van der Waals surface area (Å²) in [5.41, 5.74) is 0.655. The van der Waals surface area contributed by atoms with Crippen LogP contribution in [0, 0.1) is 6.92 Å². The molecule has 1 heterocycles. The zero-order chi connectivity index (χ0) is 18.8. The largest absolute Gasteiger partial charge is 0.356 e. The van der Waals surface area contributed by atoms with Gasteiger partial charge in [-0.3, -0.25) is 9.79 Å². The molecule has 0 radical (unpaired) electrons. The van der Waals surface area contributed by atoms with Crippen LogP contribution in [-0.4, -0.2) is 43.5 Å². The van der Waals surface area contributed by atoms with E-state index < -0.39 is 0 Å². The number of hydrogen-bond acceptors (Lipinski definition) is 4. The van der Waals surface area contributed by atoms with Crippen LogP contribution in [0.4, 0.5) is 0 Å². The van der Waals surface area contributed by atoms with Gasteiger partial charge in [0.2, 0.25) is 0 Å². The van der Waals surface area contributed by atoms with Gasteiger partial charge in [0.25, 0.3) is 5.91 Å². The van der Waals surface area contributed by atoms with Crippen LogP contribution >= 0.6 is 51.2 Å². The van der Waals surface area contributed by atoms with E-state index in [1.165, 1.54) is 4.88 Å². The first kappa shape index (κ1) is 23.8.